The molecular formula is C27H29ClN2O6S. The number of carbonyl (C=O) groups excluding carboxylic acids is 2. The van der Waals surface area contributed by atoms with Gasteiger partial charge >= 0.3 is 5.97 Å². The maximum Gasteiger partial charge on any atom is 0.325 e. The maximum absolute atomic E-state index is 13.1. The molecule has 0 saturated carbocycles. The molecule has 1 amide bonds. The van der Waals surface area contributed by atoms with Crippen LogP contribution in [0.5, 0.6) is 0 Å². The highest BCUT2D eigenvalue weighted by molar-refractivity contribution is 7.91. The van der Waals surface area contributed by atoms with Crippen LogP contribution in [0.1, 0.15) is 34.5 Å². The van der Waals surface area contributed by atoms with E-state index in [1.165, 1.54) is 36.4 Å². The fourth-order valence-electron chi connectivity index (χ4n) is 3.55. The largest absolute Gasteiger partial charge is 0.465 e. The van der Waals surface area contributed by atoms with E-state index in [1.807, 2.05) is 6.07 Å². The lowest BCUT2D eigenvalue weighted by Crippen LogP contribution is -2.30. The van der Waals surface area contributed by atoms with Crippen LogP contribution >= 0.6 is 11.6 Å². The Kier molecular flexibility index (Phi) is 10.2. The monoisotopic (exact) mass is 544 g/mol. The number of halogens is 1. The molecule has 37 heavy (non-hydrogen) atoms. The number of hydrogen-bond acceptors (Lipinski definition) is 7. The van der Waals surface area contributed by atoms with Gasteiger partial charge < -0.3 is 20.5 Å². The Morgan fingerprint density at radius 1 is 1.00 bits per heavy atom. The second kappa shape index (κ2) is 13.3. The van der Waals surface area contributed by atoms with Crippen molar-refractivity contribution < 1.29 is 27.9 Å². The van der Waals surface area contributed by atoms with E-state index in [0.29, 0.717) is 24.5 Å². The van der Waals surface area contributed by atoms with E-state index in [-0.39, 0.29) is 28.5 Å². The normalized spacial score (nSPS) is 12.1. The number of aliphatic hydroxyl groups is 1. The summed E-state index contributed by atoms with van der Waals surface area (Å²) in [4.78, 5) is 23.9. The molecule has 0 radical (unpaired) electrons. The number of amides is 1. The van der Waals surface area contributed by atoms with Gasteiger partial charge in [0, 0.05) is 17.1 Å². The van der Waals surface area contributed by atoms with E-state index in [2.05, 4.69) is 10.6 Å². The Morgan fingerprint density at radius 2 is 1.73 bits per heavy atom. The molecular weight excluding hydrogens is 516 g/mol. The summed E-state index contributed by atoms with van der Waals surface area (Å²) in [5.74, 6) is -1.15. The van der Waals surface area contributed by atoms with Gasteiger partial charge in [0.25, 0.3) is 5.91 Å². The number of hydrogen-bond donors (Lipinski definition) is 3. The molecule has 0 fully saturated rings. The van der Waals surface area contributed by atoms with Gasteiger partial charge in [0.05, 0.1) is 22.5 Å². The summed E-state index contributed by atoms with van der Waals surface area (Å²) in [6.07, 6.45) is -0.0483. The quantitative estimate of drug-likeness (QED) is 0.236. The number of esters is 1. The van der Waals surface area contributed by atoms with Crippen molar-refractivity contribution in [1.29, 1.82) is 0 Å². The van der Waals surface area contributed by atoms with Gasteiger partial charge in [-0.05, 0) is 73.5 Å². The second-order valence-electron chi connectivity index (χ2n) is 8.19. The van der Waals surface area contributed by atoms with Crippen LogP contribution in [0.15, 0.2) is 82.6 Å². The minimum Gasteiger partial charge on any atom is -0.465 e. The van der Waals surface area contributed by atoms with Crippen LogP contribution in [0.2, 0.25) is 5.02 Å². The molecule has 3 rings (SSSR count). The van der Waals surface area contributed by atoms with E-state index < -0.39 is 27.8 Å². The maximum atomic E-state index is 13.1. The number of aliphatic hydroxyl groups excluding tert-OH is 1. The Morgan fingerprint density at radius 3 is 2.43 bits per heavy atom. The minimum atomic E-state index is -3.85. The first kappa shape index (κ1) is 28.3. The average Bonchev–Trinajstić information content (AvgIpc) is 2.90. The average molecular weight is 545 g/mol. The summed E-state index contributed by atoms with van der Waals surface area (Å²) in [5, 5.41) is 16.4. The number of sulfone groups is 1. The standard InChI is InChI=1S/C27H29ClN2O6S/c1-2-36-26(32)18-30-27(33)21-6-4-8-24(16-21)37(34,35)23-11-9-19(10-12-23)13-14-29-17-25(31)20-5-3-7-22(28)15-20/h3-12,15-16,25,29,31H,2,13-14,17-18H2,1H3,(H,30,33)/t25-/m0/s1. The fourth-order valence-corrected chi connectivity index (χ4v) is 5.05. The van der Waals surface area contributed by atoms with Crippen LogP contribution in [0, 0.1) is 0 Å². The number of rotatable bonds is 12. The first-order chi connectivity index (χ1) is 17.7. The van der Waals surface area contributed by atoms with E-state index in [9.17, 15) is 23.1 Å². The first-order valence-electron chi connectivity index (χ1n) is 11.7. The molecule has 0 aliphatic carbocycles. The summed E-state index contributed by atoms with van der Waals surface area (Å²) >= 11 is 5.96. The van der Waals surface area contributed by atoms with Crippen molar-refractivity contribution in [3.05, 3.63) is 94.5 Å². The molecule has 3 aromatic rings. The molecule has 0 saturated heterocycles. The first-order valence-corrected chi connectivity index (χ1v) is 13.6. The molecule has 1 atom stereocenters. The van der Waals surface area contributed by atoms with Gasteiger partial charge in [0.2, 0.25) is 9.84 Å². The molecule has 8 nitrogen and oxygen atoms in total. The van der Waals surface area contributed by atoms with Crippen molar-refractivity contribution in [3.8, 4) is 0 Å². The zero-order valence-corrected chi connectivity index (χ0v) is 21.9. The van der Waals surface area contributed by atoms with Crippen molar-refractivity contribution in [2.45, 2.75) is 29.2 Å². The van der Waals surface area contributed by atoms with Gasteiger partial charge in [0.1, 0.15) is 6.54 Å². The van der Waals surface area contributed by atoms with Crippen LogP contribution in [0.3, 0.4) is 0 Å². The SMILES string of the molecule is CCOC(=O)CNC(=O)c1cccc(S(=O)(=O)c2ccc(CCNC[C@H](O)c3cccc(Cl)c3)cc2)c1. The van der Waals surface area contributed by atoms with Gasteiger partial charge in [-0.15, -0.1) is 0 Å². The summed E-state index contributed by atoms with van der Waals surface area (Å²) in [7, 11) is -3.85. The van der Waals surface area contributed by atoms with Crippen molar-refractivity contribution in [2.24, 2.45) is 0 Å². The van der Waals surface area contributed by atoms with Crippen LogP contribution in [-0.4, -0.2) is 51.6 Å². The Balaban J connectivity index is 1.56. The Bertz CT molecular complexity index is 1330. The van der Waals surface area contributed by atoms with Crippen molar-refractivity contribution in [1.82, 2.24) is 10.6 Å². The van der Waals surface area contributed by atoms with Crippen molar-refractivity contribution in [2.75, 3.05) is 26.2 Å². The van der Waals surface area contributed by atoms with E-state index in [1.54, 1.807) is 37.3 Å². The number of carbonyl (C=O) groups is 2. The molecule has 0 aliphatic rings. The highest BCUT2D eigenvalue weighted by atomic mass is 35.5. The molecule has 0 spiro atoms. The molecule has 0 heterocycles. The molecule has 3 N–H and O–H groups in total. The van der Waals surface area contributed by atoms with E-state index in [0.717, 1.165) is 11.1 Å². The van der Waals surface area contributed by atoms with Crippen LogP contribution in [0.4, 0.5) is 0 Å². The van der Waals surface area contributed by atoms with Crippen LogP contribution in [-0.2, 0) is 25.8 Å². The molecule has 0 bridgehead atoms. The van der Waals surface area contributed by atoms with Crippen LogP contribution in [0.25, 0.3) is 0 Å². The number of benzene rings is 3. The Hall–Kier alpha value is -3.24. The smallest absolute Gasteiger partial charge is 0.325 e. The second-order valence-corrected chi connectivity index (χ2v) is 10.6. The highest BCUT2D eigenvalue weighted by Crippen LogP contribution is 2.22. The zero-order chi connectivity index (χ0) is 26.8. The predicted octanol–water partition coefficient (Wildman–Crippen LogP) is 3.33. The molecule has 3 aromatic carbocycles. The Labute approximate surface area is 221 Å². The third-order valence-electron chi connectivity index (χ3n) is 5.50. The zero-order valence-electron chi connectivity index (χ0n) is 20.3. The van der Waals surface area contributed by atoms with Gasteiger partial charge in [-0.25, -0.2) is 8.42 Å². The van der Waals surface area contributed by atoms with E-state index >= 15 is 0 Å². The molecule has 196 valence electrons. The molecule has 10 heteroatoms. The third-order valence-corrected chi connectivity index (χ3v) is 7.50. The minimum absolute atomic E-state index is 0.0271. The van der Waals surface area contributed by atoms with Crippen LogP contribution < -0.4 is 10.6 Å². The molecule has 0 aromatic heterocycles. The summed E-state index contributed by atoms with van der Waals surface area (Å²) in [6, 6.07) is 19.2. The van der Waals surface area contributed by atoms with Crippen molar-refractivity contribution in [3.63, 3.8) is 0 Å². The molecule has 0 aliphatic heterocycles. The topological polar surface area (TPSA) is 122 Å². The summed E-state index contributed by atoms with van der Waals surface area (Å²) < 4.78 is 31.0. The lowest BCUT2D eigenvalue weighted by molar-refractivity contribution is -0.141. The molecule has 0 unspecified atom stereocenters. The van der Waals surface area contributed by atoms with Gasteiger partial charge in [-0.1, -0.05) is 41.9 Å². The predicted molar refractivity (Wildman–Crippen MR) is 140 cm³/mol. The van der Waals surface area contributed by atoms with Crippen molar-refractivity contribution >= 4 is 33.3 Å². The van der Waals surface area contributed by atoms with E-state index in [4.69, 9.17) is 16.3 Å². The number of nitrogens with one attached hydrogen (secondary N) is 2. The van der Waals surface area contributed by atoms with Gasteiger partial charge in [-0.2, -0.15) is 0 Å². The highest BCUT2D eigenvalue weighted by Gasteiger charge is 2.19. The third kappa shape index (κ3) is 8.13. The summed E-state index contributed by atoms with van der Waals surface area (Å²) in [5.41, 5.74) is 1.78. The fraction of sp³-hybridized carbons (Fsp3) is 0.259. The summed E-state index contributed by atoms with van der Waals surface area (Å²) in [6.45, 7) is 2.50. The lowest BCUT2D eigenvalue weighted by atomic mass is 10.1. The van der Waals surface area contributed by atoms with Gasteiger partial charge in [0.15, 0.2) is 0 Å². The van der Waals surface area contributed by atoms with Gasteiger partial charge in [-0.3, -0.25) is 9.59 Å². The number of ether oxygens (including phenoxy) is 1. The lowest BCUT2D eigenvalue weighted by Gasteiger charge is -2.13.